The molecule has 0 radical (unpaired) electrons. The molecular weight excluding hydrogens is 404 g/mol. The maximum absolute atomic E-state index is 12.7. The van der Waals surface area contributed by atoms with Crippen molar-refractivity contribution >= 4 is 34.2 Å². The Morgan fingerprint density at radius 2 is 1.44 bits per heavy atom. The third-order valence-electron chi connectivity index (χ3n) is 5.05. The smallest absolute Gasteiger partial charge is 0.323 e. The molecule has 1 atom stereocenters. The fourth-order valence-corrected chi connectivity index (χ4v) is 3.34. The monoisotopic (exact) mass is 426 g/mol. The summed E-state index contributed by atoms with van der Waals surface area (Å²) in [6, 6.07) is 24.5. The van der Waals surface area contributed by atoms with Crippen molar-refractivity contribution in [1.29, 1.82) is 0 Å². The van der Waals surface area contributed by atoms with Crippen LogP contribution in [0.15, 0.2) is 89.7 Å². The van der Waals surface area contributed by atoms with Crippen LogP contribution in [0.5, 0.6) is 0 Å². The first-order chi connectivity index (χ1) is 15.5. The molecule has 0 aliphatic rings. The molecule has 7 nitrogen and oxygen atoms in total. The number of para-hydroxylation sites is 2. The lowest BCUT2D eigenvalue weighted by Crippen LogP contribution is -2.31. The highest BCUT2D eigenvalue weighted by Gasteiger charge is 2.15. The molecule has 1 aromatic heterocycles. The topological polar surface area (TPSA) is 103 Å². The number of benzene rings is 3. The quantitative estimate of drug-likeness (QED) is 0.373. The van der Waals surface area contributed by atoms with Gasteiger partial charge in [-0.1, -0.05) is 48.5 Å². The molecule has 3 aromatic carbocycles. The zero-order valence-electron chi connectivity index (χ0n) is 17.4. The van der Waals surface area contributed by atoms with E-state index in [1.807, 2.05) is 55.5 Å². The van der Waals surface area contributed by atoms with Crippen molar-refractivity contribution in [3.63, 3.8) is 0 Å². The Kier molecular flexibility index (Phi) is 5.98. The number of H-pyrrole nitrogens is 1. The van der Waals surface area contributed by atoms with E-state index < -0.39 is 11.5 Å². The average molecular weight is 426 g/mol. The molecular formula is C25H22N4O3. The number of urea groups is 1. The summed E-state index contributed by atoms with van der Waals surface area (Å²) in [5.74, 6) is -0.450. The molecule has 4 N–H and O–H groups in total. The van der Waals surface area contributed by atoms with Crippen LogP contribution in [-0.2, 0) is 0 Å². The first-order valence-electron chi connectivity index (χ1n) is 10.2. The van der Waals surface area contributed by atoms with Crippen LogP contribution in [0.1, 0.15) is 28.9 Å². The van der Waals surface area contributed by atoms with Crippen LogP contribution < -0.4 is 21.5 Å². The molecule has 32 heavy (non-hydrogen) atoms. The Hall–Kier alpha value is -4.39. The Balaban J connectivity index is 1.40. The molecule has 0 saturated heterocycles. The van der Waals surface area contributed by atoms with E-state index in [-0.39, 0.29) is 17.6 Å². The van der Waals surface area contributed by atoms with Crippen molar-refractivity contribution in [2.45, 2.75) is 13.0 Å². The zero-order chi connectivity index (χ0) is 22.5. The van der Waals surface area contributed by atoms with Crippen molar-refractivity contribution in [3.8, 4) is 0 Å². The lowest BCUT2D eigenvalue weighted by Gasteiger charge is -2.15. The van der Waals surface area contributed by atoms with E-state index in [1.54, 1.807) is 36.4 Å². The number of anilines is 2. The molecule has 0 saturated carbocycles. The highest BCUT2D eigenvalue weighted by atomic mass is 16.2. The van der Waals surface area contributed by atoms with Crippen LogP contribution in [0.4, 0.5) is 16.2 Å². The maximum atomic E-state index is 12.7. The summed E-state index contributed by atoms with van der Waals surface area (Å²) < 4.78 is 0. The summed E-state index contributed by atoms with van der Waals surface area (Å²) in [6.07, 6.45) is 0. The van der Waals surface area contributed by atoms with E-state index in [1.165, 1.54) is 0 Å². The number of fused-ring (bicyclic) bond motifs is 1. The average Bonchev–Trinajstić information content (AvgIpc) is 2.79. The van der Waals surface area contributed by atoms with Crippen LogP contribution in [0.25, 0.3) is 10.9 Å². The van der Waals surface area contributed by atoms with Crippen molar-refractivity contribution in [2.75, 3.05) is 10.6 Å². The number of hydrogen-bond donors (Lipinski definition) is 4. The Morgan fingerprint density at radius 1 is 0.812 bits per heavy atom. The van der Waals surface area contributed by atoms with Crippen molar-refractivity contribution < 1.29 is 9.59 Å². The second-order valence-corrected chi connectivity index (χ2v) is 7.36. The normalized spacial score (nSPS) is 11.5. The van der Waals surface area contributed by atoms with Gasteiger partial charge in [0.25, 0.3) is 11.5 Å². The second kappa shape index (κ2) is 9.18. The van der Waals surface area contributed by atoms with Crippen LogP contribution >= 0.6 is 0 Å². The number of pyridine rings is 1. The molecule has 0 bridgehead atoms. The third kappa shape index (κ3) is 4.84. The number of hydrogen-bond acceptors (Lipinski definition) is 3. The molecule has 0 spiro atoms. The molecule has 0 aliphatic carbocycles. The lowest BCUT2D eigenvalue weighted by atomic mass is 10.1. The molecule has 0 aliphatic heterocycles. The zero-order valence-corrected chi connectivity index (χ0v) is 17.4. The van der Waals surface area contributed by atoms with Gasteiger partial charge in [0.1, 0.15) is 5.56 Å². The van der Waals surface area contributed by atoms with Gasteiger partial charge >= 0.3 is 6.03 Å². The first kappa shape index (κ1) is 20.9. The number of carbonyl (C=O) groups is 2. The molecule has 7 heteroatoms. The number of aromatic amines is 1. The molecule has 1 heterocycles. The van der Waals surface area contributed by atoms with Gasteiger partial charge < -0.3 is 20.9 Å². The van der Waals surface area contributed by atoms with E-state index in [0.29, 0.717) is 16.9 Å². The minimum absolute atomic E-state index is 0.0615. The second-order valence-electron chi connectivity index (χ2n) is 7.36. The molecule has 3 amide bonds. The van der Waals surface area contributed by atoms with Gasteiger partial charge in [0.2, 0.25) is 0 Å². The number of aromatic nitrogens is 1. The molecule has 4 rings (SSSR count). The summed E-state index contributed by atoms with van der Waals surface area (Å²) in [4.78, 5) is 39.8. The molecule has 160 valence electrons. The van der Waals surface area contributed by atoms with E-state index in [0.717, 1.165) is 10.9 Å². The summed E-state index contributed by atoms with van der Waals surface area (Å²) in [6.45, 7) is 1.83. The van der Waals surface area contributed by atoms with Crippen molar-refractivity contribution in [1.82, 2.24) is 10.3 Å². The van der Waals surface area contributed by atoms with E-state index >= 15 is 0 Å². The Labute approximate surface area is 184 Å². The molecule has 0 fully saturated rings. The van der Waals surface area contributed by atoms with Gasteiger partial charge in [-0.2, -0.15) is 0 Å². The van der Waals surface area contributed by atoms with Crippen LogP contribution in [0, 0.1) is 0 Å². The van der Waals surface area contributed by atoms with Crippen molar-refractivity contribution in [3.05, 3.63) is 106 Å². The molecule has 4 aromatic rings. The predicted octanol–water partition coefficient (Wildman–Crippen LogP) is 4.66. The highest BCUT2D eigenvalue weighted by molar-refractivity contribution is 6.00. The van der Waals surface area contributed by atoms with E-state index in [9.17, 15) is 14.4 Å². The number of amides is 3. The van der Waals surface area contributed by atoms with E-state index in [4.69, 9.17) is 0 Å². The van der Waals surface area contributed by atoms with Gasteiger partial charge in [0.15, 0.2) is 0 Å². The predicted molar refractivity (Wildman–Crippen MR) is 126 cm³/mol. The Morgan fingerprint density at radius 3 is 2.16 bits per heavy atom. The largest absolute Gasteiger partial charge is 0.345 e. The highest BCUT2D eigenvalue weighted by Crippen LogP contribution is 2.17. The van der Waals surface area contributed by atoms with Crippen LogP contribution in [0.3, 0.4) is 0 Å². The SMILES string of the molecule is CC(NC(=O)c1cc2ccccc2[nH]c1=O)c1ccc(NC(=O)Nc2ccccc2)cc1. The lowest BCUT2D eigenvalue weighted by molar-refractivity contribution is 0.0938. The maximum Gasteiger partial charge on any atom is 0.323 e. The first-order valence-corrected chi connectivity index (χ1v) is 10.2. The fraction of sp³-hybridized carbons (Fsp3) is 0.0800. The van der Waals surface area contributed by atoms with Gasteiger partial charge in [-0.05, 0) is 54.3 Å². The summed E-state index contributed by atoms with van der Waals surface area (Å²) in [5, 5.41) is 9.15. The summed E-state index contributed by atoms with van der Waals surface area (Å²) in [7, 11) is 0. The van der Waals surface area contributed by atoms with Crippen LogP contribution in [0.2, 0.25) is 0 Å². The summed E-state index contributed by atoms with van der Waals surface area (Å²) in [5.41, 5.74) is 2.46. The van der Waals surface area contributed by atoms with Gasteiger partial charge in [-0.15, -0.1) is 0 Å². The fourth-order valence-electron chi connectivity index (χ4n) is 3.34. The third-order valence-corrected chi connectivity index (χ3v) is 5.05. The number of rotatable bonds is 5. The molecule has 1 unspecified atom stereocenters. The van der Waals surface area contributed by atoms with Gasteiger partial charge in [0.05, 0.1) is 6.04 Å². The number of nitrogens with one attached hydrogen (secondary N) is 4. The minimum Gasteiger partial charge on any atom is -0.345 e. The number of carbonyl (C=O) groups excluding carboxylic acids is 2. The standard InChI is InChI=1S/C25H22N4O3/c1-16(26-23(30)21-15-18-7-5-6-10-22(18)29-24(21)31)17-11-13-20(14-12-17)28-25(32)27-19-8-3-2-4-9-19/h2-16H,1H3,(H,26,30)(H,29,31)(H2,27,28,32). The van der Waals surface area contributed by atoms with Gasteiger partial charge in [0, 0.05) is 16.9 Å². The van der Waals surface area contributed by atoms with Crippen LogP contribution in [-0.4, -0.2) is 16.9 Å². The van der Waals surface area contributed by atoms with E-state index in [2.05, 4.69) is 20.9 Å². The Bertz CT molecular complexity index is 1310. The van der Waals surface area contributed by atoms with Crippen molar-refractivity contribution in [2.24, 2.45) is 0 Å². The summed E-state index contributed by atoms with van der Waals surface area (Å²) >= 11 is 0. The van der Waals surface area contributed by atoms with Gasteiger partial charge in [-0.3, -0.25) is 9.59 Å². The minimum atomic E-state index is -0.450. The van der Waals surface area contributed by atoms with Gasteiger partial charge in [-0.25, -0.2) is 4.79 Å².